The van der Waals surface area contributed by atoms with Gasteiger partial charge >= 0.3 is 0 Å². The summed E-state index contributed by atoms with van der Waals surface area (Å²) in [5.74, 6) is 0.0124. The van der Waals surface area contributed by atoms with Gasteiger partial charge in [0.1, 0.15) is 5.54 Å². The fraction of sp³-hybridized carbons (Fsp3) is 0.294. The summed E-state index contributed by atoms with van der Waals surface area (Å²) in [6.07, 6.45) is 1.48. The summed E-state index contributed by atoms with van der Waals surface area (Å²) in [4.78, 5) is 16.8. The molecule has 0 fully saturated rings. The van der Waals surface area contributed by atoms with Crippen molar-refractivity contribution in [1.29, 1.82) is 0 Å². The number of hydrogen-bond donors (Lipinski definition) is 1. The van der Waals surface area contributed by atoms with Crippen LogP contribution in [-0.4, -0.2) is 24.8 Å². The van der Waals surface area contributed by atoms with Gasteiger partial charge in [-0.25, -0.2) is 0 Å². The third-order valence-electron chi connectivity index (χ3n) is 3.62. The molecule has 2 aromatic rings. The zero-order chi connectivity index (χ0) is 15.6. The van der Waals surface area contributed by atoms with Crippen molar-refractivity contribution in [2.75, 3.05) is 18.5 Å². The average Bonchev–Trinajstić information content (AvgIpc) is 3.01. The van der Waals surface area contributed by atoms with Crippen LogP contribution < -0.4 is 5.32 Å². The second-order valence-electron chi connectivity index (χ2n) is 5.63. The summed E-state index contributed by atoms with van der Waals surface area (Å²) >= 11 is 0. The number of nitrogens with zero attached hydrogens (tertiary/aromatic N) is 1. The van der Waals surface area contributed by atoms with Crippen molar-refractivity contribution in [1.82, 2.24) is 0 Å². The Morgan fingerprint density at radius 3 is 2.91 bits per heavy atom. The number of anilines is 1. The normalized spacial score (nSPS) is 21.3. The first-order valence-electron chi connectivity index (χ1n) is 7.15. The molecule has 0 saturated heterocycles. The smallest absolute Gasteiger partial charge is 0.291 e. The fourth-order valence-electron chi connectivity index (χ4n) is 2.56. The number of carbonyl (C=O) groups is 1. The van der Waals surface area contributed by atoms with E-state index in [1.807, 2.05) is 38.1 Å². The van der Waals surface area contributed by atoms with Crippen molar-refractivity contribution >= 4 is 17.3 Å². The first-order chi connectivity index (χ1) is 10.6. The molecule has 0 bridgehead atoms. The maximum Gasteiger partial charge on any atom is 0.291 e. The third-order valence-corrected chi connectivity index (χ3v) is 3.62. The Kier molecular flexibility index (Phi) is 3.81. The Labute approximate surface area is 129 Å². The van der Waals surface area contributed by atoms with E-state index in [-0.39, 0.29) is 11.7 Å². The Balaban J connectivity index is 1.84. The minimum absolute atomic E-state index is 0.271. The molecule has 1 N–H and O–H groups in total. The molecule has 2 heterocycles. The van der Waals surface area contributed by atoms with Gasteiger partial charge in [0.15, 0.2) is 5.76 Å². The van der Waals surface area contributed by atoms with Crippen LogP contribution in [-0.2, 0) is 10.3 Å². The number of furan rings is 1. The van der Waals surface area contributed by atoms with Gasteiger partial charge in [0.2, 0.25) is 0 Å². The van der Waals surface area contributed by atoms with Crippen molar-refractivity contribution in [3.63, 3.8) is 0 Å². The van der Waals surface area contributed by atoms with Gasteiger partial charge < -0.3 is 14.5 Å². The second kappa shape index (κ2) is 5.77. The van der Waals surface area contributed by atoms with Crippen LogP contribution in [0.3, 0.4) is 0 Å². The van der Waals surface area contributed by atoms with E-state index in [0.717, 1.165) is 11.3 Å². The van der Waals surface area contributed by atoms with Crippen LogP contribution >= 0.6 is 0 Å². The summed E-state index contributed by atoms with van der Waals surface area (Å²) in [5.41, 5.74) is 2.26. The minimum Gasteiger partial charge on any atom is -0.459 e. The van der Waals surface area contributed by atoms with Crippen LogP contribution in [0.1, 0.15) is 30.0 Å². The molecule has 0 radical (unpaired) electrons. The molecule has 22 heavy (non-hydrogen) atoms. The van der Waals surface area contributed by atoms with E-state index >= 15 is 0 Å². The quantitative estimate of drug-likeness (QED) is 0.946. The maximum absolute atomic E-state index is 12.0. The van der Waals surface area contributed by atoms with Crippen molar-refractivity contribution < 1.29 is 13.9 Å². The maximum atomic E-state index is 12.0. The van der Waals surface area contributed by atoms with Gasteiger partial charge in [0.25, 0.3) is 5.91 Å². The monoisotopic (exact) mass is 298 g/mol. The van der Waals surface area contributed by atoms with Gasteiger partial charge in [-0.05, 0) is 43.7 Å². The number of amides is 1. The first-order valence-corrected chi connectivity index (χ1v) is 7.15. The lowest BCUT2D eigenvalue weighted by Crippen LogP contribution is -2.33. The van der Waals surface area contributed by atoms with Gasteiger partial charge in [-0.3, -0.25) is 9.79 Å². The van der Waals surface area contributed by atoms with Gasteiger partial charge in [-0.2, -0.15) is 0 Å². The predicted octanol–water partition coefficient (Wildman–Crippen LogP) is 3.24. The van der Waals surface area contributed by atoms with E-state index < -0.39 is 5.54 Å². The van der Waals surface area contributed by atoms with Crippen molar-refractivity contribution in [3.8, 4) is 0 Å². The molecule has 5 heteroatoms. The van der Waals surface area contributed by atoms with Gasteiger partial charge in [-0.15, -0.1) is 0 Å². The number of nitrogens with one attached hydrogen (secondary N) is 1. The lowest BCUT2D eigenvalue weighted by atomic mass is 9.92. The highest BCUT2D eigenvalue weighted by molar-refractivity contribution is 6.02. The highest BCUT2D eigenvalue weighted by Crippen LogP contribution is 2.30. The molecule has 1 amide bonds. The molecule has 114 valence electrons. The van der Waals surface area contributed by atoms with Crippen molar-refractivity contribution in [3.05, 3.63) is 54.0 Å². The van der Waals surface area contributed by atoms with Crippen LogP contribution in [0, 0.1) is 0 Å². The molecule has 1 unspecified atom stereocenters. The highest BCUT2D eigenvalue weighted by atomic mass is 16.5. The van der Waals surface area contributed by atoms with E-state index in [0.29, 0.717) is 18.9 Å². The molecule has 1 atom stereocenters. The summed E-state index contributed by atoms with van der Waals surface area (Å²) in [6.45, 7) is 5.09. The molecule has 1 aromatic carbocycles. The summed E-state index contributed by atoms with van der Waals surface area (Å²) in [5, 5.41) is 2.83. The van der Waals surface area contributed by atoms with Crippen LogP contribution in [0.15, 0.2) is 52.1 Å². The number of hydrogen-bond acceptors (Lipinski definition) is 4. The molecule has 0 saturated carbocycles. The molecular formula is C17H18N2O3. The lowest BCUT2D eigenvalue weighted by molar-refractivity contribution is 0.0996. The summed E-state index contributed by atoms with van der Waals surface area (Å²) in [7, 11) is 0. The minimum atomic E-state index is -0.423. The largest absolute Gasteiger partial charge is 0.459 e. The number of benzene rings is 1. The molecule has 0 spiro atoms. The van der Waals surface area contributed by atoms with Crippen molar-refractivity contribution in [2.45, 2.75) is 19.4 Å². The molecular weight excluding hydrogens is 280 g/mol. The fourth-order valence-corrected chi connectivity index (χ4v) is 2.56. The molecule has 1 aliphatic heterocycles. The SMILES string of the molecule is CC1=NC(C)(c2cccc(NC(=O)c3ccco3)c2)COC1. The number of rotatable bonds is 3. The summed E-state index contributed by atoms with van der Waals surface area (Å²) < 4.78 is 10.7. The third kappa shape index (κ3) is 2.94. The van der Waals surface area contributed by atoms with Crippen LogP contribution in [0.5, 0.6) is 0 Å². The predicted molar refractivity (Wildman–Crippen MR) is 84.4 cm³/mol. The Morgan fingerprint density at radius 2 is 2.18 bits per heavy atom. The molecule has 3 rings (SSSR count). The van der Waals surface area contributed by atoms with Crippen LogP contribution in [0.4, 0.5) is 5.69 Å². The number of carbonyl (C=O) groups excluding carboxylic acids is 1. The van der Waals surface area contributed by atoms with E-state index in [9.17, 15) is 4.79 Å². The lowest BCUT2D eigenvalue weighted by Gasteiger charge is -2.30. The zero-order valence-corrected chi connectivity index (χ0v) is 12.6. The average molecular weight is 298 g/mol. The van der Waals surface area contributed by atoms with Gasteiger partial charge in [0.05, 0.1) is 19.5 Å². The Hall–Kier alpha value is -2.40. The molecule has 1 aliphatic rings. The topological polar surface area (TPSA) is 63.8 Å². The van der Waals surface area contributed by atoms with Crippen molar-refractivity contribution in [2.24, 2.45) is 4.99 Å². The second-order valence-corrected chi connectivity index (χ2v) is 5.63. The Bertz CT molecular complexity index is 706. The zero-order valence-electron chi connectivity index (χ0n) is 12.6. The van der Waals surface area contributed by atoms with E-state index in [1.165, 1.54) is 6.26 Å². The highest BCUT2D eigenvalue weighted by Gasteiger charge is 2.29. The van der Waals surface area contributed by atoms with E-state index in [4.69, 9.17) is 14.1 Å². The first kappa shape index (κ1) is 14.5. The number of ether oxygens (including phenoxy) is 1. The molecule has 1 aromatic heterocycles. The van der Waals surface area contributed by atoms with Gasteiger partial charge in [-0.1, -0.05) is 12.1 Å². The van der Waals surface area contributed by atoms with Crippen LogP contribution in [0.25, 0.3) is 0 Å². The molecule has 5 nitrogen and oxygen atoms in total. The standard InChI is InChI=1S/C17H18N2O3/c1-12-10-21-11-17(2,19-12)13-5-3-6-14(9-13)18-16(20)15-7-4-8-22-15/h3-9H,10-11H2,1-2H3,(H,18,20). The number of aliphatic imine (C=N–C) groups is 1. The van der Waals surface area contributed by atoms with Crippen LogP contribution in [0.2, 0.25) is 0 Å². The van der Waals surface area contributed by atoms with E-state index in [1.54, 1.807) is 12.1 Å². The summed E-state index contributed by atoms with van der Waals surface area (Å²) in [6, 6.07) is 11.0. The van der Waals surface area contributed by atoms with Gasteiger partial charge in [0, 0.05) is 11.4 Å². The van der Waals surface area contributed by atoms with E-state index in [2.05, 4.69) is 5.32 Å². The Morgan fingerprint density at radius 1 is 1.32 bits per heavy atom. The molecule has 0 aliphatic carbocycles.